The SMILES string of the molecule is Cc1cc(Cc2ccccn2)c(=O)n(CC(=O)Nc2ccc(Cl)cc2)n1. The number of carbonyl (C=O) groups excluding carboxylic acids is 1. The van der Waals surface area contributed by atoms with Gasteiger partial charge in [-0.15, -0.1) is 0 Å². The summed E-state index contributed by atoms with van der Waals surface area (Å²) in [6.45, 7) is 1.62. The van der Waals surface area contributed by atoms with Crippen molar-refractivity contribution in [3.8, 4) is 0 Å². The van der Waals surface area contributed by atoms with Crippen molar-refractivity contribution >= 4 is 23.2 Å². The molecule has 3 aromatic rings. The molecule has 0 saturated carbocycles. The van der Waals surface area contributed by atoms with Crippen molar-refractivity contribution in [3.05, 3.63) is 87.1 Å². The van der Waals surface area contributed by atoms with Gasteiger partial charge in [-0.2, -0.15) is 5.10 Å². The molecule has 0 atom stereocenters. The maximum Gasteiger partial charge on any atom is 0.270 e. The predicted molar refractivity (Wildman–Crippen MR) is 100 cm³/mol. The number of hydrogen-bond acceptors (Lipinski definition) is 4. The predicted octanol–water partition coefficient (Wildman–Crippen LogP) is 2.83. The fourth-order valence-corrected chi connectivity index (χ4v) is 2.67. The Bertz CT molecular complexity index is 969. The summed E-state index contributed by atoms with van der Waals surface area (Å²) in [4.78, 5) is 29.1. The van der Waals surface area contributed by atoms with Gasteiger partial charge in [-0.25, -0.2) is 4.68 Å². The van der Waals surface area contributed by atoms with Gasteiger partial charge in [0, 0.05) is 34.6 Å². The Kier molecular flexibility index (Phi) is 5.43. The standard InChI is InChI=1S/C19H17ClN4O2/c1-13-10-14(11-17-4-2-3-9-21-17)19(26)24(23-13)12-18(25)22-16-7-5-15(20)6-8-16/h2-10H,11-12H2,1H3,(H,22,25). The van der Waals surface area contributed by atoms with Crippen LogP contribution < -0.4 is 10.9 Å². The molecule has 0 bridgehead atoms. The Hall–Kier alpha value is -2.99. The van der Waals surface area contributed by atoms with Crippen LogP contribution in [-0.4, -0.2) is 20.7 Å². The Morgan fingerprint density at radius 1 is 1.19 bits per heavy atom. The quantitative estimate of drug-likeness (QED) is 0.751. The number of nitrogens with one attached hydrogen (secondary N) is 1. The first-order valence-corrected chi connectivity index (χ1v) is 8.42. The number of rotatable bonds is 5. The zero-order chi connectivity index (χ0) is 18.5. The molecule has 0 fully saturated rings. The van der Waals surface area contributed by atoms with E-state index >= 15 is 0 Å². The molecule has 2 aromatic heterocycles. The second kappa shape index (κ2) is 7.93. The molecule has 0 saturated heterocycles. The van der Waals surface area contributed by atoms with Gasteiger partial charge < -0.3 is 5.32 Å². The lowest BCUT2D eigenvalue weighted by molar-refractivity contribution is -0.117. The van der Waals surface area contributed by atoms with Crippen molar-refractivity contribution in [2.75, 3.05) is 5.32 Å². The number of carbonyl (C=O) groups is 1. The summed E-state index contributed by atoms with van der Waals surface area (Å²) in [7, 11) is 0. The fraction of sp³-hybridized carbons (Fsp3) is 0.158. The monoisotopic (exact) mass is 368 g/mol. The average molecular weight is 369 g/mol. The molecule has 0 aliphatic rings. The lowest BCUT2D eigenvalue weighted by Crippen LogP contribution is -2.32. The highest BCUT2D eigenvalue weighted by molar-refractivity contribution is 6.30. The smallest absolute Gasteiger partial charge is 0.270 e. The molecule has 0 spiro atoms. The molecule has 132 valence electrons. The summed E-state index contributed by atoms with van der Waals surface area (Å²) in [5.74, 6) is -0.337. The minimum atomic E-state index is -0.337. The molecular weight excluding hydrogens is 352 g/mol. The van der Waals surface area contributed by atoms with E-state index in [4.69, 9.17) is 11.6 Å². The van der Waals surface area contributed by atoms with E-state index in [1.165, 1.54) is 4.68 Å². The molecular formula is C19H17ClN4O2. The number of pyridine rings is 1. The number of halogens is 1. The first-order valence-electron chi connectivity index (χ1n) is 8.04. The lowest BCUT2D eigenvalue weighted by atomic mass is 10.1. The second-order valence-corrected chi connectivity index (χ2v) is 6.26. The molecule has 1 amide bonds. The molecule has 26 heavy (non-hydrogen) atoms. The summed E-state index contributed by atoms with van der Waals surface area (Å²) < 4.78 is 1.18. The van der Waals surface area contributed by atoms with E-state index in [0.29, 0.717) is 28.4 Å². The van der Waals surface area contributed by atoms with Crippen molar-refractivity contribution in [1.29, 1.82) is 0 Å². The number of nitrogens with zero attached hydrogens (tertiary/aromatic N) is 3. The van der Waals surface area contributed by atoms with Crippen molar-refractivity contribution < 1.29 is 4.79 Å². The van der Waals surface area contributed by atoms with Gasteiger partial charge in [-0.3, -0.25) is 14.6 Å². The second-order valence-electron chi connectivity index (χ2n) is 5.83. The molecule has 3 rings (SSSR count). The minimum absolute atomic E-state index is 0.168. The third kappa shape index (κ3) is 4.55. The van der Waals surface area contributed by atoms with Gasteiger partial charge in [-0.1, -0.05) is 17.7 Å². The topological polar surface area (TPSA) is 76.9 Å². The van der Waals surface area contributed by atoms with Crippen molar-refractivity contribution in [2.24, 2.45) is 0 Å². The maximum atomic E-state index is 12.6. The van der Waals surface area contributed by atoms with Crippen LogP contribution in [0.1, 0.15) is 17.0 Å². The van der Waals surface area contributed by atoms with Crippen LogP contribution in [-0.2, 0) is 17.8 Å². The van der Waals surface area contributed by atoms with Crippen molar-refractivity contribution in [1.82, 2.24) is 14.8 Å². The van der Waals surface area contributed by atoms with Gasteiger partial charge >= 0.3 is 0 Å². The molecule has 1 N–H and O–H groups in total. The number of hydrogen-bond donors (Lipinski definition) is 1. The molecule has 0 radical (unpaired) electrons. The third-order valence-corrected chi connectivity index (χ3v) is 3.94. The highest BCUT2D eigenvalue weighted by Gasteiger charge is 2.11. The number of amides is 1. The maximum absolute atomic E-state index is 12.6. The van der Waals surface area contributed by atoms with E-state index in [9.17, 15) is 9.59 Å². The van der Waals surface area contributed by atoms with Crippen LogP contribution >= 0.6 is 11.6 Å². The van der Waals surface area contributed by atoms with Gasteiger partial charge in [0.1, 0.15) is 6.54 Å². The van der Waals surface area contributed by atoms with Crippen LogP contribution in [0.15, 0.2) is 59.5 Å². The van der Waals surface area contributed by atoms with E-state index in [-0.39, 0.29) is 18.0 Å². The van der Waals surface area contributed by atoms with E-state index in [2.05, 4.69) is 15.4 Å². The van der Waals surface area contributed by atoms with Crippen LogP contribution in [0.2, 0.25) is 5.02 Å². The number of benzene rings is 1. The Balaban J connectivity index is 1.78. The first kappa shape index (κ1) is 17.8. The summed E-state index contributed by atoms with van der Waals surface area (Å²) in [6, 6.07) is 14.0. The van der Waals surface area contributed by atoms with Gasteiger partial charge in [-0.05, 0) is 49.4 Å². The van der Waals surface area contributed by atoms with E-state index < -0.39 is 0 Å². The molecule has 0 unspecified atom stereocenters. The molecule has 2 heterocycles. The molecule has 6 nitrogen and oxygen atoms in total. The molecule has 0 aliphatic heterocycles. The summed E-state index contributed by atoms with van der Waals surface area (Å²) in [6.07, 6.45) is 2.07. The van der Waals surface area contributed by atoms with Crippen molar-refractivity contribution in [2.45, 2.75) is 19.9 Å². The Morgan fingerprint density at radius 2 is 1.96 bits per heavy atom. The summed E-state index contributed by atoms with van der Waals surface area (Å²) in [5.41, 5.74) is 2.30. The van der Waals surface area contributed by atoms with E-state index in [0.717, 1.165) is 5.69 Å². The summed E-state index contributed by atoms with van der Waals surface area (Å²) >= 11 is 5.83. The molecule has 1 aromatic carbocycles. The van der Waals surface area contributed by atoms with Gasteiger partial charge in [0.15, 0.2) is 0 Å². The highest BCUT2D eigenvalue weighted by atomic mass is 35.5. The number of aromatic nitrogens is 3. The molecule has 0 aliphatic carbocycles. The van der Waals surface area contributed by atoms with E-state index in [1.807, 2.05) is 18.2 Å². The lowest BCUT2D eigenvalue weighted by Gasteiger charge is -2.10. The normalized spacial score (nSPS) is 10.5. The van der Waals surface area contributed by atoms with E-state index in [1.54, 1.807) is 43.5 Å². The zero-order valence-corrected chi connectivity index (χ0v) is 14.9. The van der Waals surface area contributed by atoms with Crippen molar-refractivity contribution in [3.63, 3.8) is 0 Å². The first-order chi connectivity index (χ1) is 12.5. The highest BCUT2D eigenvalue weighted by Crippen LogP contribution is 2.13. The minimum Gasteiger partial charge on any atom is -0.324 e. The fourth-order valence-electron chi connectivity index (χ4n) is 2.55. The third-order valence-electron chi connectivity index (χ3n) is 3.69. The largest absolute Gasteiger partial charge is 0.324 e. The Labute approximate surface area is 155 Å². The van der Waals surface area contributed by atoms with Crippen LogP contribution in [0.25, 0.3) is 0 Å². The van der Waals surface area contributed by atoms with Gasteiger partial charge in [0.25, 0.3) is 5.56 Å². The number of anilines is 1. The molecule has 7 heteroatoms. The zero-order valence-electron chi connectivity index (χ0n) is 14.1. The van der Waals surface area contributed by atoms with Gasteiger partial charge in [0.2, 0.25) is 5.91 Å². The van der Waals surface area contributed by atoms with Crippen LogP contribution in [0.5, 0.6) is 0 Å². The van der Waals surface area contributed by atoms with Crippen LogP contribution in [0.4, 0.5) is 5.69 Å². The Morgan fingerprint density at radius 3 is 2.65 bits per heavy atom. The summed E-state index contributed by atoms with van der Waals surface area (Å²) in [5, 5.41) is 7.48. The number of aryl methyl sites for hydroxylation is 1. The average Bonchev–Trinajstić information content (AvgIpc) is 2.62. The van der Waals surface area contributed by atoms with Gasteiger partial charge in [0.05, 0.1) is 5.69 Å². The van der Waals surface area contributed by atoms with Crippen LogP contribution in [0, 0.1) is 6.92 Å². The van der Waals surface area contributed by atoms with Crippen LogP contribution in [0.3, 0.4) is 0 Å².